The number of aliphatic carboxylic acids is 1. The molecule has 0 amide bonds. The van der Waals surface area contributed by atoms with Crippen LogP contribution in [0.25, 0.3) is 0 Å². The van der Waals surface area contributed by atoms with Gasteiger partial charge in [-0.15, -0.1) is 0 Å². The molecule has 0 saturated carbocycles. The van der Waals surface area contributed by atoms with E-state index in [0.29, 0.717) is 6.42 Å². The van der Waals surface area contributed by atoms with Crippen LogP contribution >= 0.6 is 0 Å². The molecule has 0 fully saturated rings. The van der Waals surface area contributed by atoms with Crippen LogP contribution in [-0.4, -0.2) is 32.4 Å². The molecule has 0 saturated heterocycles. The van der Waals surface area contributed by atoms with Gasteiger partial charge in [-0.3, -0.25) is 8.98 Å². The van der Waals surface area contributed by atoms with E-state index in [1.807, 2.05) is 6.92 Å². The molecule has 1 N–H and O–H groups in total. The average molecular weight is 224 g/mol. The minimum atomic E-state index is -3.56. The van der Waals surface area contributed by atoms with Crippen LogP contribution in [0.2, 0.25) is 0 Å². The van der Waals surface area contributed by atoms with Crippen LogP contribution in [0.4, 0.5) is 0 Å². The van der Waals surface area contributed by atoms with Crippen LogP contribution in [0.15, 0.2) is 0 Å². The molecule has 2 atom stereocenters. The van der Waals surface area contributed by atoms with Crippen LogP contribution < -0.4 is 0 Å². The van der Waals surface area contributed by atoms with Gasteiger partial charge in [0.15, 0.2) is 0 Å². The Morgan fingerprint density at radius 2 is 2.00 bits per heavy atom. The Bertz CT molecular complexity index is 282. The maximum absolute atomic E-state index is 10.7. The summed E-state index contributed by atoms with van der Waals surface area (Å²) in [6.45, 7) is 3.31. The lowest BCUT2D eigenvalue weighted by atomic mass is 9.93. The zero-order chi connectivity index (χ0) is 11.4. The summed E-state index contributed by atoms with van der Waals surface area (Å²) >= 11 is 0. The molecule has 0 aliphatic rings. The van der Waals surface area contributed by atoms with Gasteiger partial charge in [0.25, 0.3) is 10.1 Å². The van der Waals surface area contributed by atoms with Crippen molar-refractivity contribution in [2.24, 2.45) is 11.8 Å². The quantitative estimate of drug-likeness (QED) is 0.672. The monoisotopic (exact) mass is 224 g/mol. The highest BCUT2D eigenvalue weighted by molar-refractivity contribution is 7.85. The van der Waals surface area contributed by atoms with Gasteiger partial charge in [0, 0.05) is 0 Å². The van der Waals surface area contributed by atoms with Gasteiger partial charge in [-0.05, 0) is 5.92 Å². The summed E-state index contributed by atoms with van der Waals surface area (Å²) in [6.07, 6.45) is 1.58. The summed E-state index contributed by atoms with van der Waals surface area (Å²) in [5, 5.41) is 8.80. The largest absolute Gasteiger partial charge is 0.481 e. The molecule has 0 aromatic heterocycles. The molecule has 0 heterocycles. The summed E-state index contributed by atoms with van der Waals surface area (Å²) in [5.41, 5.74) is 0. The van der Waals surface area contributed by atoms with Crippen molar-refractivity contribution in [2.45, 2.75) is 20.3 Å². The summed E-state index contributed by atoms with van der Waals surface area (Å²) in [5.74, 6) is -1.90. The lowest BCUT2D eigenvalue weighted by Gasteiger charge is -2.17. The van der Waals surface area contributed by atoms with Crippen molar-refractivity contribution in [2.75, 3.05) is 12.9 Å². The number of carboxylic acids is 1. The normalized spacial score (nSPS) is 16.2. The zero-order valence-corrected chi connectivity index (χ0v) is 9.37. The molecule has 6 heteroatoms. The Morgan fingerprint density at radius 3 is 2.29 bits per heavy atom. The number of hydrogen-bond donors (Lipinski definition) is 1. The number of carboxylic acid groups (broad SMARTS) is 1. The van der Waals surface area contributed by atoms with Gasteiger partial charge in [0.05, 0.1) is 18.8 Å². The van der Waals surface area contributed by atoms with Crippen LogP contribution in [0, 0.1) is 11.8 Å². The summed E-state index contributed by atoms with van der Waals surface area (Å²) in [4.78, 5) is 10.7. The van der Waals surface area contributed by atoms with Gasteiger partial charge >= 0.3 is 5.97 Å². The zero-order valence-electron chi connectivity index (χ0n) is 8.56. The lowest BCUT2D eigenvalue weighted by molar-refractivity contribution is -0.144. The van der Waals surface area contributed by atoms with Gasteiger partial charge in [0.2, 0.25) is 0 Å². The first-order valence-corrected chi connectivity index (χ1v) is 6.16. The van der Waals surface area contributed by atoms with E-state index in [-0.39, 0.29) is 12.5 Å². The summed E-state index contributed by atoms with van der Waals surface area (Å²) < 4.78 is 25.8. The topological polar surface area (TPSA) is 80.7 Å². The minimum Gasteiger partial charge on any atom is -0.481 e. The van der Waals surface area contributed by atoms with E-state index < -0.39 is 22.0 Å². The van der Waals surface area contributed by atoms with E-state index in [1.54, 1.807) is 6.92 Å². The van der Waals surface area contributed by atoms with Crippen LogP contribution in [-0.2, 0) is 19.1 Å². The predicted molar refractivity (Wildman–Crippen MR) is 51.4 cm³/mol. The van der Waals surface area contributed by atoms with Crippen molar-refractivity contribution in [3.8, 4) is 0 Å². The van der Waals surface area contributed by atoms with Gasteiger partial charge in [-0.1, -0.05) is 20.3 Å². The Hall–Kier alpha value is -0.620. The second kappa shape index (κ2) is 5.31. The van der Waals surface area contributed by atoms with Gasteiger partial charge in [-0.2, -0.15) is 8.42 Å². The first kappa shape index (κ1) is 13.4. The van der Waals surface area contributed by atoms with Crippen molar-refractivity contribution in [3.05, 3.63) is 0 Å². The van der Waals surface area contributed by atoms with E-state index in [2.05, 4.69) is 4.18 Å². The average Bonchev–Trinajstić information content (AvgIpc) is 2.01. The van der Waals surface area contributed by atoms with Crippen molar-refractivity contribution in [1.82, 2.24) is 0 Å². The molecular weight excluding hydrogens is 208 g/mol. The molecule has 0 aromatic rings. The van der Waals surface area contributed by atoms with E-state index >= 15 is 0 Å². The highest BCUT2D eigenvalue weighted by atomic mass is 32.2. The molecule has 5 nitrogen and oxygen atoms in total. The molecule has 1 unspecified atom stereocenters. The molecular formula is C8H16O5S. The van der Waals surface area contributed by atoms with Crippen molar-refractivity contribution >= 4 is 16.1 Å². The van der Waals surface area contributed by atoms with Crippen molar-refractivity contribution in [3.63, 3.8) is 0 Å². The third-order valence-corrected chi connectivity index (χ3v) is 2.67. The fourth-order valence-electron chi connectivity index (χ4n) is 0.960. The van der Waals surface area contributed by atoms with E-state index in [4.69, 9.17) is 5.11 Å². The van der Waals surface area contributed by atoms with Crippen LogP contribution in [0.5, 0.6) is 0 Å². The number of hydrogen-bond acceptors (Lipinski definition) is 4. The first-order chi connectivity index (χ1) is 6.28. The van der Waals surface area contributed by atoms with E-state index in [1.165, 1.54) is 0 Å². The highest BCUT2D eigenvalue weighted by Crippen LogP contribution is 2.16. The summed E-state index contributed by atoms with van der Waals surface area (Å²) in [6, 6.07) is 0. The molecule has 0 aromatic carbocycles. The Labute approximate surface area is 84.2 Å². The molecule has 0 aliphatic carbocycles. The third kappa shape index (κ3) is 5.18. The molecule has 0 radical (unpaired) electrons. The lowest BCUT2D eigenvalue weighted by Crippen LogP contribution is -2.27. The molecule has 0 bridgehead atoms. The van der Waals surface area contributed by atoms with Crippen LogP contribution in [0.3, 0.4) is 0 Å². The van der Waals surface area contributed by atoms with Gasteiger partial charge < -0.3 is 5.11 Å². The number of rotatable bonds is 6. The summed E-state index contributed by atoms with van der Waals surface area (Å²) in [7, 11) is -3.56. The fraction of sp³-hybridized carbons (Fsp3) is 0.875. The standard InChI is InChI=1S/C8H16O5S/c1-4-6(2)7(8(9)10)5-13-14(3,11)12/h6-7H,4-5H2,1-3H3,(H,9,10)/t6?,7-/m1/s1. The molecule has 0 aliphatic heterocycles. The molecule has 0 rings (SSSR count). The van der Waals surface area contributed by atoms with E-state index in [0.717, 1.165) is 6.26 Å². The van der Waals surface area contributed by atoms with Crippen LogP contribution in [0.1, 0.15) is 20.3 Å². The third-order valence-electron chi connectivity index (χ3n) is 2.11. The number of carbonyl (C=O) groups is 1. The Kier molecular flexibility index (Phi) is 5.07. The van der Waals surface area contributed by atoms with E-state index in [9.17, 15) is 13.2 Å². The molecule has 0 spiro atoms. The maximum atomic E-state index is 10.7. The smallest absolute Gasteiger partial charge is 0.309 e. The highest BCUT2D eigenvalue weighted by Gasteiger charge is 2.25. The molecule has 84 valence electrons. The van der Waals surface area contributed by atoms with Gasteiger partial charge in [0.1, 0.15) is 0 Å². The predicted octanol–water partition coefficient (Wildman–Crippen LogP) is 0.710. The molecule has 14 heavy (non-hydrogen) atoms. The first-order valence-electron chi connectivity index (χ1n) is 4.35. The minimum absolute atomic E-state index is 0.103. The Morgan fingerprint density at radius 1 is 1.50 bits per heavy atom. The van der Waals surface area contributed by atoms with Crippen molar-refractivity contribution < 1.29 is 22.5 Å². The fourth-order valence-corrected chi connectivity index (χ4v) is 1.35. The second-order valence-corrected chi connectivity index (χ2v) is 4.96. The second-order valence-electron chi connectivity index (χ2n) is 3.32. The van der Waals surface area contributed by atoms with Gasteiger partial charge in [-0.25, -0.2) is 0 Å². The van der Waals surface area contributed by atoms with Crippen molar-refractivity contribution in [1.29, 1.82) is 0 Å². The SMILES string of the molecule is CCC(C)[C@@H](COS(C)(=O)=O)C(=O)O. The Balaban J connectivity index is 4.33. The maximum Gasteiger partial charge on any atom is 0.309 e.